The molecule has 0 unspecified atom stereocenters. The van der Waals surface area contributed by atoms with E-state index in [2.05, 4.69) is 17.0 Å². The number of rotatable bonds is 6. The van der Waals surface area contributed by atoms with E-state index in [-0.39, 0.29) is 22.7 Å². The number of aliphatic hydroxyl groups is 1. The molecule has 2 N–H and O–H groups in total. The molecule has 0 bridgehead atoms. The van der Waals surface area contributed by atoms with Gasteiger partial charge in [-0.15, -0.1) is 6.58 Å². The van der Waals surface area contributed by atoms with Crippen molar-refractivity contribution in [1.82, 2.24) is 9.78 Å². The lowest BCUT2D eigenvalue weighted by Gasteiger charge is -2.27. The second kappa shape index (κ2) is 6.02. The molecule has 1 aromatic heterocycles. The maximum atomic E-state index is 11.9. The second-order valence-corrected chi connectivity index (χ2v) is 5.01. The molecular weight excluding hydrogens is 254 g/mol. The van der Waals surface area contributed by atoms with Crippen LogP contribution in [0.3, 0.4) is 0 Å². The van der Waals surface area contributed by atoms with Gasteiger partial charge in [-0.1, -0.05) is 17.7 Å². The molecule has 18 heavy (non-hydrogen) atoms. The average Bonchev–Trinajstić information content (AvgIpc) is 2.29. The van der Waals surface area contributed by atoms with Crippen molar-refractivity contribution in [3.05, 3.63) is 34.2 Å². The van der Waals surface area contributed by atoms with Gasteiger partial charge in [0.2, 0.25) is 0 Å². The number of aliphatic hydroxyl groups excluding tert-OH is 1. The number of allylic oxidation sites excluding steroid dienone is 1. The molecule has 1 rings (SSSR count). The normalized spacial score (nSPS) is 11.3. The zero-order valence-electron chi connectivity index (χ0n) is 10.6. The summed E-state index contributed by atoms with van der Waals surface area (Å²) in [4.78, 5) is 11.9. The summed E-state index contributed by atoms with van der Waals surface area (Å²) in [7, 11) is 0. The van der Waals surface area contributed by atoms with Crippen molar-refractivity contribution < 1.29 is 5.11 Å². The van der Waals surface area contributed by atoms with Crippen molar-refractivity contribution in [1.29, 1.82) is 0 Å². The summed E-state index contributed by atoms with van der Waals surface area (Å²) in [6.45, 7) is 7.74. The van der Waals surface area contributed by atoms with Gasteiger partial charge >= 0.3 is 0 Å². The number of nitrogens with one attached hydrogen (secondary N) is 1. The van der Waals surface area contributed by atoms with Gasteiger partial charge in [0.25, 0.3) is 5.56 Å². The predicted molar refractivity (Wildman–Crippen MR) is 73.1 cm³/mol. The Kier molecular flexibility index (Phi) is 4.93. The summed E-state index contributed by atoms with van der Waals surface area (Å²) in [5.74, 6) is 0. The number of halogens is 1. The second-order valence-electron chi connectivity index (χ2n) is 4.63. The molecule has 0 aliphatic rings. The molecule has 0 atom stereocenters. The number of hydrogen-bond acceptors (Lipinski definition) is 4. The lowest BCUT2D eigenvalue weighted by Crippen LogP contribution is -2.33. The Bertz CT molecular complexity index is 483. The molecule has 100 valence electrons. The smallest absolute Gasteiger partial charge is 0.287 e. The highest BCUT2D eigenvalue weighted by atomic mass is 35.5. The molecule has 5 nitrogen and oxygen atoms in total. The van der Waals surface area contributed by atoms with Gasteiger partial charge in [0.05, 0.1) is 18.4 Å². The third-order valence-electron chi connectivity index (χ3n) is 2.50. The van der Waals surface area contributed by atoms with E-state index in [1.807, 2.05) is 13.8 Å². The zero-order valence-corrected chi connectivity index (χ0v) is 11.4. The molecule has 1 aromatic rings. The van der Waals surface area contributed by atoms with Crippen LogP contribution in [-0.4, -0.2) is 27.0 Å². The van der Waals surface area contributed by atoms with E-state index in [0.29, 0.717) is 18.7 Å². The summed E-state index contributed by atoms with van der Waals surface area (Å²) in [6, 6.07) is 0. The maximum absolute atomic E-state index is 11.9. The number of nitrogens with zero attached hydrogens (tertiary/aromatic N) is 2. The Morgan fingerprint density at radius 1 is 1.67 bits per heavy atom. The van der Waals surface area contributed by atoms with Gasteiger partial charge < -0.3 is 10.4 Å². The molecule has 0 aliphatic heterocycles. The predicted octanol–water partition coefficient (Wildman–Crippen LogP) is 1.66. The van der Waals surface area contributed by atoms with Crippen LogP contribution in [0.25, 0.3) is 0 Å². The van der Waals surface area contributed by atoms with Crippen molar-refractivity contribution in [2.45, 2.75) is 32.4 Å². The molecule has 0 fully saturated rings. The molecule has 0 amide bonds. The Morgan fingerprint density at radius 2 is 2.33 bits per heavy atom. The largest absolute Gasteiger partial charge is 0.396 e. The van der Waals surface area contributed by atoms with Crippen LogP contribution in [0, 0.1) is 0 Å². The lowest BCUT2D eigenvalue weighted by atomic mass is 10.0. The van der Waals surface area contributed by atoms with E-state index in [9.17, 15) is 4.79 Å². The maximum Gasteiger partial charge on any atom is 0.287 e. The first kappa shape index (κ1) is 14.7. The van der Waals surface area contributed by atoms with E-state index in [0.717, 1.165) is 0 Å². The third-order valence-corrected chi connectivity index (χ3v) is 2.86. The van der Waals surface area contributed by atoms with Crippen LogP contribution in [-0.2, 0) is 6.54 Å². The molecule has 0 radical (unpaired) electrons. The summed E-state index contributed by atoms with van der Waals surface area (Å²) in [5, 5.41) is 16.1. The van der Waals surface area contributed by atoms with E-state index < -0.39 is 0 Å². The van der Waals surface area contributed by atoms with Gasteiger partial charge in [-0.2, -0.15) is 5.10 Å². The van der Waals surface area contributed by atoms with Crippen molar-refractivity contribution in [3.63, 3.8) is 0 Å². The minimum atomic E-state index is -0.364. The highest BCUT2D eigenvalue weighted by Crippen LogP contribution is 2.22. The Hall–Kier alpha value is -1.33. The first-order chi connectivity index (χ1) is 8.41. The van der Waals surface area contributed by atoms with Gasteiger partial charge in [0, 0.05) is 12.1 Å². The summed E-state index contributed by atoms with van der Waals surface area (Å²) in [5.41, 5.74) is -0.251. The van der Waals surface area contributed by atoms with Gasteiger partial charge in [-0.3, -0.25) is 4.79 Å². The summed E-state index contributed by atoms with van der Waals surface area (Å²) >= 11 is 6.01. The van der Waals surface area contributed by atoms with E-state index in [1.54, 1.807) is 6.08 Å². The van der Waals surface area contributed by atoms with Crippen molar-refractivity contribution in [2.75, 3.05) is 11.9 Å². The first-order valence-corrected chi connectivity index (χ1v) is 6.04. The molecule has 6 heteroatoms. The monoisotopic (exact) mass is 271 g/mol. The fourth-order valence-corrected chi connectivity index (χ4v) is 1.70. The van der Waals surface area contributed by atoms with Gasteiger partial charge in [0.15, 0.2) is 0 Å². The van der Waals surface area contributed by atoms with Crippen molar-refractivity contribution in [3.8, 4) is 0 Å². The van der Waals surface area contributed by atoms with Gasteiger partial charge in [0.1, 0.15) is 5.02 Å². The third kappa shape index (κ3) is 3.58. The van der Waals surface area contributed by atoms with Crippen LogP contribution in [0.4, 0.5) is 5.69 Å². The highest BCUT2D eigenvalue weighted by molar-refractivity contribution is 6.32. The van der Waals surface area contributed by atoms with Crippen molar-refractivity contribution in [2.24, 2.45) is 0 Å². The number of aromatic nitrogens is 2. The number of hydrogen-bond donors (Lipinski definition) is 2. The molecule has 0 aromatic carbocycles. The molecule has 0 saturated carbocycles. The van der Waals surface area contributed by atoms with Crippen LogP contribution in [0.5, 0.6) is 0 Å². The highest BCUT2D eigenvalue weighted by Gasteiger charge is 2.19. The standard InChI is InChI=1S/C12H18ClN3O2/c1-4-6-16-11(18)10(13)9(8-14-16)15-12(2,3)5-7-17/h4,8,15,17H,1,5-7H2,2-3H3. The Labute approximate surface area is 111 Å². The van der Waals surface area contributed by atoms with Crippen LogP contribution in [0.1, 0.15) is 20.3 Å². The summed E-state index contributed by atoms with van der Waals surface area (Å²) < 4.78 is 1.24. The number of anilines is 1. The molecular formula is C12H18ClN3O2. The molecule has 0 aliphatic carbocycles. The molecule has 0 saturated heterocycles. The van der Waals surface area contributed by atoms with Crippen LogP contribution >= 0.6 is 11.6 Å². The lowest BCUT2D eigenvalue weighted by molar-refractivity contribution is 0.261. The SMILES string of the molecule is C=CCn1ncc(NC(C)(C)CCO)c(Cl)c1=O. The summed E-state index contributed by atoms with van der Waals surface area (Å²) in [6.07, 6.45) is 3.62. The quantitative estimate of drug-likeness (QED) is 0.772. The van der Waals surface area contributed by atoms with Gasteiger partial charge in [-0.25, -0.2) is 4.68 Å². The Balaban J connectivity index is 3.02. The fourth-order valence-electron chi connectivity index (χ4n) is 1.51. The van der Waals surface area contributed by atoms with E-state index in [1.165, 1.54) is 10.9 Å². The molecule has 1 heterocycles. The van der Waals surface area contributed by atoms with E-state index in [4.69, 9.17) is 16.7 Å². The minimum absolute atomic E-state index is 0.0541. The average molecular weight is 272 g/mol. The van der Waals surface area contributed by atoms with Gasteiger partial charge in [-0.05, 0) is 20.3 Å². The van der Waals surface area contributed by atoms with Crippen molar-refractivity contribution >= 4 is 17.3 Å². The minimum Gasteiger partial charge on any atom is -0.396 e. The fraction of sp³-hybridized carbons (Fsp3) is 0.500. The zero-order chi connectivity index (χ0) is 13.8. The van der Waals surface area contributed by atoms with Crippen LogP contribution in [0.15, 0.2) is 23.6 Å². The topological polar surface area (TPSA) is 67.2 Å². The Morgan fingerprint density at radius 3 is 2.89 bits per heavy atom. The first-order valence-electron chi connectivity index (χ1n) is 5.67. The van der Waals surface area contributed by atoms with Crippen LogP contribution in [0.2, 0.25) is 5.02 Å². The van der Waals surface area contributed by atoms with E-state index >= 15 is 0 Å². The van der Waals surface area contributed by atoms with Crippen LogP contribution < -0.4 is 10.9 Å². The molecule has 0 spiro atoms.